The van der Waals surface area contributed by atoms with E-state index in [0.29, 0.717) is 5.88 Å². The minimum absolute atomic E-state index is 0.459. The third kappa shape index (κ3) is 2.06. The van der Waals surface area contributed by atoms with Gasteiger partial charge in [0.1, 0.15) is 10.8 Å². The maximum absolute atomic E-state index is 5.79. The van der Waals surface area contributed by atoms with Gasteiger partial charge < -0.3 is 4.74 Å². The Kier molecular flexibility index (Phi) is 3.46. The lowest BCUT2D eigenvalue weighted by Crippen LogP contribution is -1.89. The molecule has 0 aliphatic carbocycles. The molecule has 1 aromatic carbocycles. The van der Waals surface area contributed by atoms with Gasteiger partial charge in [0, 0.05) is 10.4 Å². The van der Waals surface area contributed by atoms with Crippen LogP contribution in [0.25, 0.3) is 11.3 Å². The summed E-state index contributed by atoms with van der Waals surface area (Å²) in [5, 5.41) is 0.945. The van der Waals surface area contributed by atoms with Crippen LogP contribution in [0.3, 0.4) is 0 Å². The lowest BCUT2D eigenvalue weighted by atomic mass is 10.1. The van der Waals surface area contributed by atoms with Crippen LogP contribution in [0.5, 0.6) is 5.75 Å². The molecule has 16 heavy (non-hydrogen) atoms. The van der Waals surface area contributed by atoms with Crippen LogP contribution in [0.15, 0.2) is 24.3 Å². The fourth-order valence-electron chi connectivity index (χ4n) is 1.60. The number of aromatic nitrogens is 1. The minimum atomic E-state index is 0.459. The fourth-order valence-corrected chi connectivity index (χ4v) is 2.62. The number of benzene rings is 1. The van der Waals surface area contributed by atoms with Gasteiger partial charge in [0.05, 0.1) is 18.7 Å². The van der Waals surface area contributed by atoms with Crippen LogP contribution in [0.1, 0.15) is 9.88 Å². The summed E-state index contributed by atoms with van der Waals surface area (Å²) in [5.41, 5.74) is 1.99. The first-order valence-electron chi connectivity index (χ1n) is 4.92. The SMILES string of the molecule is COc1ccccc1-c1nc(CCl)sc1C. The summed E-state index contributed by atoms with van der Waals surface area (Å²) in [7, 11) is 1.67. The topological polar surface area (TPSA) is 22.1 Å². The Morgan fingerprint density at radius 1 is 1.38 bits per heavy atom. The van der Waals surface area contributed by atoms with Crippen LogP contribution in [-0.4, -0.2) is 12.1 Å². The first-order chi connectivity index (χ1) is 7.76. The monoisotopic (exact) mass is 253 g/mol. The van der Waals surface area contributed by atoms with Gasteiger partial charge in [0.25, 0.3) is 0 Å². The molecule has 0 aliphatic rings. The largest absolute Gasteiger partial charge is 0.496 e. The molecule has 1 heterocycles. The number of thiazole rings is 1. The lowest BCUT2D eigenvalue weighted by Gasteiger charge is -2.06. The van der Waals surface area contributed by atoms with E-state index in [-0.39, 0.29) is 0 Å². The van der Waals surface area contributed by atoms with Gasteiger partial charge in [-0.3, -0.25) is 0 Å². The van der Waals surface area contributed by atoms with Gasteiger partial charge in [-0.1, -0.05) is 12.1 Å². The molecule has 0 radical (unpaired) electrons. The summed E-state index contributed by atoms with van der Waals surface area (Å²) >= 11 is 7.42. The number of halogens is 1. The van der Waals surface area contributed by atoms with E-state index in [9.17, 15) is 0 Å². The van der Waals surface area contributed by atoms with Gasteiger partial charge in [0.15, 0.2) is 0 Å². The van der Waals surface area contributed by atoms with Crippen molar-refractivity contribution in [2.45, 2.75) is 12.8 Å². The van der Waals surface area contributed by atoms with Crippen molar-refractivity contribution in [2.24, 2.45) is 0 Å². The summed E-state index contributed by atoms with van der Waals surface area (Å²) < 4.78 is 5.33. The molecular formula is C12H12ClNOS. The summed E-state index contributed by atoms with van der Waals surface area (Å²) in [4.78, 5) is 5.68. The zero-order valence-electron chi connectivity index (χ0n) is 9.16. The molecule has 2 aromatic rings. The zero-order valence-corrected chi connectivity index (χ0v) is 10.7. The molecule has 84 valence electrons. The molecular weight excluding hydrogens is 242 g/mol. The summed E-state index contributed by atoms with van der Waals surface area (Å²) in [6, 6.07) is 7.89. The first-order valence-corrected chi connectivity index (χ1v) is 6.27. The normalized spacial score (nSPS) is 10.4. The predicted octanol–water partition coefficient (Wildman–Crippen LogP) is 3.87. The highest BCUT2D eigenvalue weighted by Crippen LogP contribution is 2.34. The highest BCUT2D eigenvalue weighted by Gasteiger charge is 2.12. The second-order valence-corrected chi connectivity index (χ2v) is 4.90. The van der Waals surface area contributed by atoms with Crippen LogP contribution in [-0.2, 0) is 5.88 Å². The fraction of sp³-hybridized carbons (Fsp3) is 0.250. The van der Waals surface area contributed by atoms with Crippen LogP contribution in [0, 0.1) is 6.92 Å². The average Bonchev–Trinajstić information content (AvgIpc) is 2.70. The molecule has 2 rings (SSSR count). The quantitative estimate of drug-likeness (QED) is 0.775. The third-order valence-electron chi connectivity index (χ3n) is 2.32. The molecule has 2 nitrogen and oxygen atoms in total. The number of rotatable bonds is 3. The Morgan fingerprint density at radius 3 is 2.75 bits per heavy atom. The number of aryl methyl sites for hydroxylation is 1. The average molecular weight is 254 g/mol. The van der Waals surface area contributed by atoms with Gasteiger partial charge in [-0.2, -0.15) is 0 Å². The van der Waals surface area contributed by atoms with Gasteiger partial charge >= 0.3 is 0 Å². The van der Waals surface area contributed by atoms with Crippen molar-refractivity contribution >= 4 is 22.9 Å². The number of hydrogen-bond acceptors (Lipinski definition) is 3. The molecule has 0 saturated heterocycles. The Bertz CT molecular complexity index is 496. The van der Waals surface area contributed by atoms with Crippen molar-refractivity contribution in [2.75, 3.05) is 7.11 Å². The summed E-state index contributed by atoms with van der Waals surface area (Å²) in [6.45, 7) is 2.05. The Morgan fingerprint density at radius 2 is 2.12 bits per heavy atom. The minimum Gasteiger partial charge on any atom is -0.496 e. The van der Waals surface area contributed by atoms with Gasteiger partial charge in [-0.15, -0.1) is 22.9 Å². The van der Waals surface area contributed by atoms with Crippen LogP contribution < -0.4 is 4.74 Å². The van der Waals surface area contributed by atoms with E-state index in [0.717, 1.165) is 22.0 Å². The van der Waals surface area contributed by atoms with Crippen molar-refractivity contribution in [3.8, 4) is 17.0 Å². The predicted molar refractivity (Wildman–Crippen MR) is 68.4 cm³/mol. The Balaban J connectivity index is 2.53. The molecule has 0 unspecified atom stereocenters. The van der Waals surface area contributed by atoms with Gasteiger partial charge in [-0.05, 0) is 19.1 Å². The standard InChI is InChI=1S/C12H12ClNOS/c1-8-12(14-11(7-13)16-8)9-5-3-4-6-10(9)15-2/h3-6H,7H2,1-2H3. The molecule has 0 bridgehead atoms. The molecule has 0 amide bonds. The molecule has 0 saturated carbocycles. The Labute approximate surface area is 104 Å². The maximum atomic E-state index is 5.79. The maximum Gasteiger partial charge on any atom is 0.128 e. The van der Waals surface area contributed by atoms with Crippen LogP contribution in [0.4, 0.5) is 0 Å². The number of ether oxygens (including phenoxy) is 1. The second-order valence-electron chi connectivity index (χ2n) is 3.35. The highest BCUT2D eigenvalue weighted by atomic mass is 35.5. The molecule has 1 aromatic heterocycles. The lowest BCUT2D eigenvalue weighted by molar-refractivity contribution is 0.416. The number of nitrogens with zero attached hydrogens (tertiary/aromatic N) is 1. The van der Waals surface area contributed by atoms with Crippen LogP contribution in [0.2, 0.25) is 0 Å². The number of hydrogen-bond donors (Lipinski definition) is 0. The van der Waals surface area contributed by atoms with Crippen molar-refractivity contribution < 1.29 is 4.74 Å². The summed E-state index contributed by atoms with van der Waals surface area (Å²) in [5.74, 6) is 1.30. The number of alkyl halides is 1. The van der Waals surface area contributed by atoms with Crippen molar-refractivity contribution in [1.82, 2.24) is 4.98 Å². The summed E-state index contributed by atoms with van der Waals surface area (Å²) in [6.07, 6.45) is 0. The van der Waals surface area contributed by atoms with Crippen molar-refractivity contribution in [3.05, 3.63) is 34.2 Å². The van der Waals surface area contributed by atoms with Crippen LogP contribution >= 0.6 is 22.9 Å². The molecule has 4 heteroatoms. The molecule has 0 atom stereocenters. The third-order valence-corrected chi connectivity index (χ3v) is 3.70. The Hall–Kier alpha value is -1.06. The number of methoxy groups -OCH3 is 1. The van der Waals surface area contributed by atoms with E-state index in [1.165, 1.54) is 4.88 Å². The van der Waals surface area contributed by atoms with E-state index in [4.69, 9.17) is 16.3 Å². The van der Waals surface area contributed by atoms with Gasteiger partial charge in [0.2, 0.25) is 0 Å². The highest BCUT2D eigenvalue weighted by molar-refractivity contribution is 7.12. The number of para-hydroxylation sites is 1. The van der Waals surface area contributed by atoms with E-state index >= 15 is 0 Å². The first kappa shape index (κ1) is 11.4. The van der Waals surface area contributed by atoms with Crippen molar-refractivity contribution in [1.29, 1.82) is 0 Å². The smallest absolute Gasteiger partial charge is 0.128 e. The van der Waals surface area contributed by atoms with E-state index in [1.807, 2.05) is 24.3 Å². The molecule has 0 N–H and O–H groups in total. The van der Waals surface area contributed by atoms with E-state index in [2.05, 4.69) is 11.9 Å². The molecule has 0 aliphatic heterocycles. The second kappa shape index (κ2) is 4.85. The zero-order chi connectivity index (χ0) is 11.5. The van der Waals surface area contributed by atoms with E-state index < -0.39 is 0 Å². The van der Waals surface area contributed by atoms with E-state index in [1.54, 1.807) is 18.4 Å². The van der Waals surface area contributed by atoms with Crippen molar-refractivity contribution in [3.63, 3.8) is 0 Å². The molecule has 0 fully saturated rings. The van der Waals surface area contributed by atoms with Gasteiger partial charge in [-0.25, -0.2) is 4.98 Å². The molecule has 0 spiro atoms.